The molecule has 0 bridgehead atoms. The maximum atomic E-state index is 12.6. The van der Waals surface area contributed by atoms with Crippen molar-refractivity contribution in [1.29, 1.82) is 0 Å². The molecule has 1 fully saturated rings. The van der Waals surface area contributed by atoms with Gasteiger partial charge in [0.05, 0.1) is 33.6 Å². The summed E-state index contributed by atoms with van der Waals surface area (Å²) < 4.78 is 12.1. The molecule has 0 aliphatic carbocycles. The molecule has 194 valence electrons. The van der Waals surface area contributed by atoms with Gasteiger partial charge in [-0.15, -0.1) is 0 Å². The number of amidine groups is 1. The Kier molecular flexibility index (Phi) is 7.78. The summed E-state index contributed by atoms with van der Waals surface area (Å²) in [6.45, 7) is 3.93. The topological polar surface area (TPSA) is 146 Å². The molecule has 1 N–H and O–H groups in total. The van der Waals surface area contributed by atoms with Crippen LogP contribution in [-0.2, 0) is 4.79 Å². The molecule has 4 rings (SSSR count). The quantitative estimate of drug-likeness (QED) is 0.182. The first-order chi connectivity index (χ1) is 18.0. The number of hydrogen-bond donors (Lipinski definition) is 1. The zero-order valence-electron chi connectivity index (χ0n) is 20.2. The van der Waals surface area contributed by atoms with Crippen LogP contribution in [0.3, 0.4) is 0 Å². The molecule has 0 unspecified atom stereocenters. The van der Waals surface area contributed by atoms with Gasteiger partial charge in [0, 0.05) is 10.5 Å². The highest BCUT2D eigenvalue weighted by Gasteiger charge is 2.25. The van der Waals surface area contributed by atoms with Crippen molar-refractivity contribution in [1.82, 2.24) is 5.32 Å². The number of methoxy groups -OCH3 is 1. The number of non-ortho nitro benzene ring substituents is 1. The number of halogens is 1. The molecular formula is C25H19BrN4O7S. The van der Waals surface area contributed by atoms with E-state index in [4.69, 9.17) is 9.47 Å². The van der Waals surface area contributed by atoms with Crippen molar-refractivity contribution in [3.8, 4) is 17.2 Å². The second kappa shape index (κ2) is 11.0. The number of nitro benzene ring substituents is 2. The van der Waals surface area contributed by atoms with Crippen molar-refractivity contribution < 1.29 is 24.1 Å². The maximum Gasteiger partial charge on any atom is 0.318 e. The number of aryl methyl sites for hydroxylation is 2. The summed E-state index contributed by atoms with van der Waals surface area (Å²) in [5.41, 5.74) is 2.40. The van der Waals surface area contributed by atoms with Gasteiger partial charge in [-0.1, -0.05) is 22.0 Å². The van der Waals surface area contributed by atoms with Gasteiger partial charge in [0.15, 0.2) is 16.7 Å². The first kappa shape index (κ1) is 26.8. The van der Waals surface area contributed by atoms with Crippen molar-refractivity contribution in [2.45, 2.75) is 13.8 Å². The van der Waals surface area contributed by atoms with Crippen molar-refractivity contribution >= 4 is 61.9 Å². The summed E-state index contributed by atoms with van der Waals surface area (Å²) in [5, 5.41) is 25.6. The Balaban J connectivity index is 1.58. The monoisotopic (exact) mass is 598 g/mol. The van der Waals surface area contributed by atoms with Crippen LogP contribution in [0.5, 0.6) is 17.2 Å². The molecule has 1 saturated heterocycles. The van der Waals surface area contributed by atoms with Gasteiger partial charge in [-0.05, 0) is 78.7 Å². The number of amides is 1. The van der Waals surface area contributed by atoms with Crippen molar-refractivity contribution in [2.24, 2.45) is 4.99 Å². The van der Waals surface area contributed by atoms with E-state index < -0.39 is 21.2 Å². The lowest BCUT2D eigenvalue weighted by molar-refractivity contribution is -0.394. The number of carbonyl (C=O) groups is 1. The third-order valence-corrected chi connectivity index (χ3v) is 7.52. The molecule has 3 aromatic rings. The number of carbonyl (C=O) groups excluding carboxylic acids is 1. The fourth-order valence-electron chi connectivity index (χ4n) is 3.56. The number of nitrogens with zero attached hydrogens (tertiary/aromatic N) is 3. The standard InChI is InChI=1S/C25H19BrN4O7S/c1-13-8-16(9-14(2)23(13)26)27-25-28-24(31)22(38-25)11-15-4-6-20(21(10-15)36-3)37-19-7-5-17(29(32)33)12-18(19)30(34)35/h4-12H,1-3H3,(H,27,28,31)/b22-11-. The van der Waals surface area contributed by atoms with Gasteiger partial charge in [0.2, 0.25) is 5.75 Å². The summed E-state index contributed by atoms with van der Waals surface area (Å²) in [6, 6.07) is 11.7. The van der Waals surface area contributed by atoms with Crippen LogP contribution in [0, 0.1) is 34.1 Å². The van der Waals surface area contributed by atoms with Gasteiger partial charge in [-0.2, -0.15) is 0 Å². The Morgan fingerprint density at radius 3 is 2.29 bits per heavy atom. The molecular weight excluding hydrogens is 580 g/mol. The highest BCUT2D eigenvalue weighted by molar-refractivity contribution is 9.10. The Hall–Kier alpha value is -4.23. The summed E-state index contributed by atoms with van der Waals surface area (Å²) >= 11 is 4.72. The molecule has 0 radical (unpaired) electrons. The van der Waals surface area contributed by atoms with Crippen LogP contribution in [0.2, 0.25) is 0 Å². The minimum atomic E-state index is -0.764. The van der Waals surface area contributed by atoms with Gasteiger partial charge >= 0.3 is 5.69 Å². The minimum Gasteiger partial charge on any atom is -0.493 e. The molecule has 1 heterocycles. The second-order valence-electron chi connectivity index (χ2n) is 8.05. The molecule has 13 heteroatoms. The SMILES string of the molecule is COc1cc(/C=C2\SC(=Nc3cc(C)c(Br)c(C)c3)NC2=O)ccc1Oc1ccc([N+](=O)[O-])cc1[N+](=O)[O-]. The van der Waals surface area contributed by atoms with Crippen molar-refractivity contribution in [2.75, 3.05) is 7.11 Å². The Morgan fingerprint density at radius 2 is 1.66 bits per heavy atom. The van der Waals surface area contributed by atoms with Gasteiger partial charge in [0.1, 0.15) is 0 Å². The number of nitro groups is 2. The highest BCUT2D eigenvalue weighted by Crippen LogP contribution is 2.39. The summed E-state index contributed by atoms with van der Waals surface area (Å²) in [7, 11) is 1.40. The number of ether oxygens (including phenoxy) is 2. The van der Waals surface area contributed by atoms with Gasteiger partial charge in [-0.25, -0.2) is 4.99 Å². The van der Waals surface area contributed by atoms with Gasteiger partial charge in [0.25, 0.3) is 11.6 Å². The molecule has 0 spiro atoms. The van der Waals surface area contributed by atoms with Crippen molar-refractivity contribution in [3.63, 3.8) is 0 Å². The maximum absolute atomic E-state index is 12.6. The average molecular weight is 599 g/mol. The van der Waals surface area contributed by atoms with E-state index in [2.05, 4.69) is 26.2 Å². The van der Waals surface area contributed by atoms with Crippen LogP contribution < -0.4 is 14.8 Å². The van der Waals surface area contributed by atoms with Gasteiger partial charge in [-0.3, -0.25) is 25.0 Å². The smallest absolute Gasteiger partial charge is 0.318 e. The molecule has 3 aromatic carbocycles. The van der Waals surface area contributed by atoms with Crippen LogP contribution >= 0.6 is 27.7 Å². The molecule has 38 heavy (non-hydrogen) atoms. The lowest BCUT2D eigenvalue weighted by Gasteiger charge is -2.11. The molecule has 0 atom stereocenters. The molecule has 1 amide bonds. The fraction of sp³-hybridized carbons (Fsp3) is 0.120. The zero-order chi connectivity index (χ0) is 27.6. The molecule has 1 aliphatic heterocycles. The first-order valence-corrected chi connectivity index (χ1v) is 12.5. The predicted octanol–water partition coefficient (Wildman–Crippen LogP) is 6.57. The number of rotatable bonds is 7. The van der Waals surface area contributed by atoms with Crippen LogP contribution in [0.1, 0.15) is 16.7 Å². The fourth-order valence-corrected chi connectivity index (χ4v) is 4.63. The Labute approximate surface area is 229 Å². The highest BCUT2D eigenvalue weighted by atomic mass is 79.9. The van der Waals surface area contributed by atoms with E-state index in [1.54, 1.807) is 18.2 Å². The molecule has 1 aliphatic rings. The van der Waals surface area contributed by atoms with Crippen LogP contribution in [0.4, 0.5) is 17.1 Å². The van der Waals surface area contributed by atoms with E-state index in [0.717, 1.165) is 39.5 Å². The van der Waals surface area contributed by atoms with Crippen molar-refractivity contribution in [3.05, 3.63) is 94.8 Å². The predicted molar refractivity (Wildman–Crippen MR) is 147 cm³/mol. The molecule has 11 nitrogen and oxygen atoms in total. The number of hydrogen-bond acceptors (Lipinski definition) is 9. The normalized spacial score (nSPS) is 15.0. The lowest BCUT2D eigenvalue weighted by atomic mass is 10.1. The summed E-state index contributed by atoms with van der Waals surface area (Å²) in [6.07, 6.45) is 1.65. The van der Waals surface area contributed by atoms with Crippen LogP contribution in [-0.4, -0.2) is 28.0 Å². The summed E-state index contributed by atoms with van der Waals surface area (Å²) in [5.74, 6) is -0.0985. The van der Waals surface area contributed by atoms with Crippen LogP contribution in [0.15, 0.2) is 62.9 Å². The Morgan fingerprint density at radius 1 is 0.974 bits per heavy atom. The van der Waals surface area contributed by atoms with Crippen LogP contribution in [0.25, 0.3) is 6.08 Å². The largest absolute Gasteiger partial charge is 0.493 e. The van der Waals surface area contributed by atoms with E-state index in [9.17, 15) is 25.0 Å². The van der Waals surface area contributed by atoms with E-state index >= 15 is 0 Å². The molecule has 0 aromatic heterocycles. The number of nitrogens with one attached hydrogen (secondary N) is 1. The third kappa shape index (κ3) is 5.84. The number of thioether (sulfide) groups is 1. The first-order valence-electron chi connectivity index (χ1n) is 10.9. The zero-order valence-corrected chi connectivity index (χ0v) is 22.6. The van der Waals surface area contributed by atoms with E-state index in [1.165, 1.54) is 24.9 Å². The Bertz CT molecular complexity index is 1530. The number of benzene rings is 3. The average Bonchev–Trinajstić information content (AvgIpc) is 3.21. The molecule has 0 saturated carbocycles. The lowest BCUT2D eigenvalue weighted by Crippen LogP contribution is -2.19. The second-order valence-corrected chi connectivity index (χ2v) is 9.88. The van der Waals surface area contributed by atoms with E-state index in [-0.39, 0.29) is 23.2 Å². The van der Waals surface area contributed by atoms with E-state index in [0.29, 0.717) is 15.6 Å². The number of aliphatic imine (C=N–C) groups is 1. The third-order valence-electron chi connectivity index (χ3n) is 5.36. The van der Waals surface area contributed by atoms with Gasteiger partial charge < -0.3 is 14.8 Å². The summed E-state index contributed by atoms with van der Waals surface area (Å²) in [4.78, 5) is 38.4. The minimum absolute atomic E-state index is 0.151. The van der Waals surface area contributed by atoms with E-state index in [1.807, 2.05) is 26.0 Å².